The van der Waals surface area contributed by atoms with Crippen molar-refractivity contribution in [2.24, 2.45) is 0 Å². The van der Waals surface area contributed by atoms with Crippen molar-refractivity contribution >= 4 is 91.6 Å². The van der Waals surface area contributed by atoms with Gasteiger partial charge in [-0.25, -0.2) is 0 Å². The first kappa shape index (κ1) is 38.0. The first-order valence-corrected chi connectivity index (χ1v) is 0. The van der Waals surface area contributed by atoms with Gasteiger partial charge in [0.1, 0.15) is 0 Å². The van der Waals surface area contributed by atoms with Gasteiger partial charge in [-0.15, -0.1) is 0 Å². The maximum Gasteiger partial charge on any atom is 2.00 e. The SMILES string of the molecule is [Al].[H-].[H-].[Mg+2].[Pb].[Sn].[Zn]. The molecule has 0 aliphatic carbocycles. The molecule has 0 rings (SSSR count). The summed E-state index contributed by atoms with van der Waals surface area (Å²) >= 11 is 0. The standard InChI is InChI=1S/Al.Mg.Pb.Sn.Zn.2H/q;+2;;;;2*-1. The van der Waals surface area contributed by atoms with Gasteiger partial charge in [-0.2, -0.15) is 0 Å². The van der Waals surface area contributed by atoms with E-state index in [4.69, 9.17) is 0 Å². The van der Waals surface area contributed by atoms with E-state index in [1.165, 1.54) is 0 Å². The van der Waals surface area contributed by atoms with Gasteiger partial charge in [-0.1, -0.05) is 0 Å². The Morgan fingerprint density at radius 3 is 1.20 bits per heavy atom. The second-order valence-corrected chi connectivity index (χ2v) is 0. The van der Waals surface area contributed by atoms with E-state index < -0.39 is 0 Å². The van der Waals surface area contributed by atoms with Crippen molar-refractivity contribution in [1.82, 2.24) is 0 Å². The van der Waals surface area contributed by atoms with Crippen LogP contribution in [0.4, 0.5) is 0 Å². The fraction of sp³-hybridized carbons (Fsp3) is 0. The summed E-state index contributed by atoms with van der Waals surface area (Å²) in [6.45, 7) is 0. The average molecular weight is 445 g/mol. The molecule has 0 atom stereocenters. The minimum absolute atomic E-state index is 0. The largest absolute Gasteiger partial charge is 2.00 e. The van der Waals surface area contributed by atoms with Crippen LogP contribution in [0, 0.1) is 0 Å². The summed E-state index contributed by atoms with van der Waals surface area (Å²) in [6, 6.07) is 0. The molecular formula is H2AlMgPbSnZn. The Morgan fingerprint density at radius 1 is 1.20 bits per heavy atom. The summed E-state index contributed by atoms with van der Waals surface area (Å²) in [5.74, 6) is 0. The summed E-state index contributed by atoms with van der Waals surface area (Å²) in [5.41, 5.74) is 0. The third-order valence-electron chi connectivity index (χ3n) is 0. The predicted octanol–water partition coefficient (Wildman–Crippen LogP) is -1.30. The normalized spacial score (nSPS) is 0. The Labute approximate surface area is 112 Å². The maximum absolute atomic E-state index is 0. The Balaban J connectivity index is 0. The second kappa shape index (κ2) is 25.4. The van der Waals surface area contributed by atoms with Crippen LogP contribution in [0.15, 0.2) is 0 Å². The molecule has 0 fully saturated rings. The molecule has 5 heavy (non-hydrogen) atoms. The summed E-state index contributed by atoms with van der Waals surface area (Å²) in [6.07, 6.45) is 0. The second-order valence-electron chi connectivity index (χ2n) is 0. The van der Waals surface area contributed by atoms with Gasteiger partial charge >= 0.3 is 23.1 Å². The van der Waals surface area contributed by atoms with E-state index in [2.05, 4.69) is 0 Å². The minimum atomic E-state index is 0. The average Bonchev–Trinajstić information content (AvgIpc) is 0. The van der Waals surface area contributed by atoms with Crippen LogP contribution in [0.2, 0.25) is 0 Å². The van der Waals surface area contributed by atoms with Crippen molar-refractivity contribution in [3.8, 4) is 0 Å². The molecule has 0 amide bonds. The van der Waals surface area contributed by atoms with Gasteiger partial charge < -0.3 is 2.85 Å². The molecule has 0 bridgehead atoms. The molecule has 0 aliphatic rings. The van der Waals surface area contributed by atoms with Gasteiger partial charge in [0.15, 0.2) is 0 Å². The van der Waals surface area contributed by atoms with Gasteiger partial charge in [-0.05, 0) is 0 Å². The van der Waals surface area contributed by atoms with Crippen molar-refractivity contribution < 1.29 is 22.3 Å². The first-order valence-electron chi connectivity index (χ1n) is 0. The van der Waals surface area contributed by atoms with Crippen molar-refractivity contribution in [3.63, 3.8) is 0 Å². The number of hydrogen-bond acceptors (Lipinski definition) is 0. The van der Waals surface area contributed by atoms with Crippen LogP contribution in [-0.2, 0) is 19.5 Å². The zero-order chi connectivity index (χ0) is 0. The van der Waals surface area contributed by atoms with Gasteiger partial charge in [0.25, 0.3) is 0 Å². The fourth-order valence-electron chi connectivity index (χ4n) is 0. The fourth-order valence-corrected chi connectivity index (χ4v) is 0. The third kappa shape index (κ3) is 18.3. The Kier molecular flexibility index (Phi) is 193. The van der Waals surface area contributed by atoms with Crippen LogP contribution in [0.5, 0.6) is 0 Å². The molecule has 0 saturated carbocycles. The molecule has 11 radical (unpaired) electrons. The molecule has 5 heteroatoms. The monoisotopic (exact) mass is 445 g/mol. The van der Waals surface area contributed by atoms with E-state index >= 15 is 0 Å². The van der Waals surface area contributed by atoms with Crippen LogP contribution in [0.3, 0.4) is 0 Å². The zero-order valence-corrected chi connectivity index (χ0v) is 15.3. The Hall–Kier alpha value is 3.64. The summed E-state index contributed by atoms with van der Waals surface area (Å²) in [7, 11) is 0. The molecule has 0 spiro atoms. The van der Waals surface area contributed by atoms with Crippen molar-refractivity contribution in [3.05, 3.63) is 0 Å². The molecule has 0 aromatic rings. The van der Waals surface area contributed by atoms with Gasteiger partial charge in [0.05, 0.1) is 0 Å². The van der Waals surface area contributed by atoms with E-state index in [0.29, 0.717) is 0 Å². The van der Waals surface area contributed by atoms with Crippen LogP contribution >= 0.6 is 0 Å². The predicted molar refractivity (Wildman–Crippen MR) is 25.2 cm³/mol. The summed E-state index contributed by atoms with van der Waals surface area (Å²) in [4.78, 5) is 0. The molecule has 0 saturated heterocycles. The zero-order valence-electron chi connectivity index (χ0n) is 4.99. The van der Waals surface area contributed by atoms with Crippen molar-refractivity contribution in [2.45, 2.75) is 0 Å². The maximum atomic E-state index is 0. The summed E-state index contributed by atoms with van der Waals surface area (Å²) in [5, 5.41) is 0. The molecule has 0 aromatic carbocycles. The van der Waals surface area contributed by atoms with Crippen LogP contribution in [0.25, 0.3) is 0 Å². The smallest absolute Gasteiger partial charge is 1.00 e. The quantitative estimate of drug-likeness (QED) is 0.408. The van der Waals surface area contributed by atoms with Crippen LogP contribution < -0.4 is 0 Å². The molecule has 0 unspecified atom stereocenters. The van der Waals surface area contributed by atoms with Crippen molar-refractivity contribution in [2.75, 3.05) is 0 Å². The number of hydrogen-bond donors (Lipinski definition) is 0. The third-order valence-corrected chi connectivity index (χ3v) is 0. The van der Waals surface area contributed by atoms with E-state index in [0.717, 1.165) is 0 Å². The first-order chi connectivity index (χ1) is 0. The summed E-state index contributed by atoms with van der Waals surface area (Å²) < 4.78 is 0. The van der Waals surface area contributed by atoms with Crippen LogP contribution in [-0.4, -0.2) is 91.6 Å². The molecule has 0 aromatic heterocycles. The van der Waals surface area contributed by atoms with Gasteiger partial charge in [0, 0.05) is 88.0 Å². The van der Waals surface area contributed by atoms with Gasteiger partial charge in [-0.3, -0.25) is 0 Å². The van der Waals surface area contributed by atoms with E-state index in [1.54, 1.807) is 0 Å². The molecule has 0 heterocycles. The molecule has 0 N–H and O–H groups in total. The molecule has 0 nitrogen and oxygen atoms in total. The molecule has 17 valence electrons. The topological polar surface area (TPSA) is 0 Å². The Morgan fingerprint density at radius 2 is 1.20 bits per heavy atom. The van der Waals surface area contributed by atoms with E-state index in [-0.39, 0.29) is 114 Å². The molecule has 0 aliphatic heterocycles. The molecular weight excluding hydrogens is 443 g/mol. The van der Waals surface area contributed by atoms with Crippen molar-refractivity contribution in [1.29, 1.82) is 0 Å². The Bertz CT molecular complexity index is 17.7. The van der Waals surface area contributed by atoms with Crippen LogP contribution in [0.1, 0.15) is 2.85 Å². The number of rotatable bonds is 0. The minimum Gasteiger partial charge on any atom is -1.00 e. The van der Waals surface area contributed by atoms with Gasteiger partial charge in [0.2, 0.25) is 0 Å². The van der Waals surface area contributed by atoms with E-state index in [9.17, 15) is 0 Å². The van der Waals surface area contributed by atoms with E-state index in [1.807, 2.05) is 0 Å².